The number of amides is 1. The minimum atomic E-state index is -0.845. The van der Waals surface area contributed by atoms with Gasteiger partial charge in [0.2, 0.25) is 0 Å². The number of alkyl carbamates (subject to hydrolysis) is 1. The summed E-state index contributed by atoms with van der Waals surface area (Å²) in [5.41, 5.74) is 0.347. The molecular formula is C12H21N3O3S. The van der Waals surface area contributed by atoms with Gasteiger partial charge in [-0.2, -0.15) is 0 Å². The number of nitrogens with one attached hydrogen (secondary N) is 1. The van der Waals surface area contributed by atoms with Crippen LogP contribution in [-0.4, -0.2) is 37.5 Å². The second-order valence-corrected chi connectivity index (χ2v) is 6.77. The summed E-state index contributed by atoms with van der Waals surface area (Å²) in [4.78, 5) is 15.5. The van der Waals surface area contributed by atoms with Crippen LogP contribution in [0.5, 0.6) is 0 Å². The Balaban J connectivity index is 2.47. The third-order valence-electron chi connectivity index (χ3n) is 2.23. The first-order valence-electron chi connectivity index (χ1n) is 6.04. The number of ether oxygens (including phenoxy) is 1. The number of imidazole rings is 1. The highest BCUT2D eigenvalue weighted by Crippen LogP contribution is 2.07. The molecule has 0 radical (unpaired) electrons. The van der Waals surface area contributed by atoms with Crippen LogP contribution in [0, 0.1) is 0 Å². The second-order valence-electron chi connectivity index (χ2n) is 5.21. The fourth-order valence-corrected chi connectivity index (χ4v) is 1.85. The van der Waals surface area contributed by atoms with E-state index in [9.17, 15) is 9.00 Å². The predicted octanol–water partition coefficient (Wildman–Crippen LogP) is 1.29. The van der Waals surface area contributed by atoms with Gasteiger partial charge in [0.1, 0.15) is 5.60 Å². The van der Waals surface area contributed by atoms with Crippen LogP contribution in [0.2, 0.25) is 0 Å². The van der Waals surface area contributed by atoms with E-state index in [-0.39, 0.29) is 0 Å². The molecule has 0 saturated carbocycles. The lowest BCUT2D eigenvalue weighted by Gasteiger charge is -2.19. The molecule has 1 heterocycles. The van der Waals surface area contributed by atoms with Gasteiger partial charge in [-0.15, -0.1) is 0 Å². The molecule has 1 rings (SSSR count). The van der Waals surface area contributed by atoms with Crippen LogP contribution in [0.3, 0.4) is 0 Å². The number of rotatable bonds is 5. The maximum Gasteiger partial charge on any atom is 0.407 e. The van der Waals surface area contributed by atoms with Crippen molar-refractivity contribution in [1.82, 2.24) is 14.9 Å². The Morgan fingerprint density at radius 3 is 2.79 bits per heavy atom. The van der Waals surface area contributed by atoms with Crippen LogP contribution in [0.15, 0.2) is 12.5 Å². The largest absolute Gasteiger partial charge is 0.444 e. The summed E-state index contributed by atoms with van der Waals surface area (Å²) in [5.74, 6) is 0.565. The molecule has 0 fully saturated rings. The first-order valence-corrected chi connectivity index (χ1v) is 7.76. The summed E-state index contributed by atoms with van der Waals surface area (Å²) >= 11 is 0. The summed E-state index contributed by atoms with van der Waals surface area (Å²) in [6.45, 7) is 6.40. The number of carbonyl (C=O) groups excluding carboxylic acids is 1. The fourth-order valence-electron chi connectivity index (χ4n) is 1.40. The molecule has 1 atom stereocenters. The molecule has 0 bridgehead atoms. The van der Waals surface area contributed by atoms with E-state index in [0.29, 0.717) is 18.8 Å². The van der Waals surface area contributed by atoms with E-state index in [4.69, 9.17) is 4.74 Å². The molecule has 1 aromatic heterocycles. The molecule has 19 heavy (non-hydrogen) atoms. The van der Waals surface area contributed by atoms with Gasteiger partial charge in [0, 0.05) is 35.5 Å². The van der Waals surface area contributed by atoms with E-state index >= 15 is 0 Å². The highest BCUT2D eigenvalue weighted by Gasteiger charge is 2.16. The monoisotopic (exact) mass is 287 g/mol. The maximum absolute atomic E-state index is 11.5. The minimum absolute atomic E-state index is 0.339. The van der Waals surface area contributed by atoms with Gasteiger partial charge in [-0.25, -0.2) is 9.78 Å². The van der Waals surface area contributed by atoms with Crippen molar-refractivity contribution >= 4 is 16.9 Å². The van der Waals surface area contributed by atoms with Gasteiger partial charge in [-0.3, -0.25) is 4.21 Å². The minimum Gasteiger partial charge on any atom is -0.444 e. The standard InChI is InChI=1S/C12H21N3O3S/c1-12(2,3)18-11(16)14-8-10-7-13-9-15(10)5-6-19(4)17/h7,9H,5-6,8H2,1-4H3,(H,14,16). The molecular weight excluding hydrogens is 266 g/mol. The zero-order valence-electron chi connectivity index (χ0n) is 11.8. The molecule has 1 aromatic rings. The molecule has 0 aromatic carbocycles. The highest BCUT2D eigenvalue weighted by molar-refractivity contribution is 7.84. The lowest BCUT2D eigenvalue weighted by Crippen LogP contribution is -2.32. The summed E-state index contributed by atoms with van der Waals surface area (Å²) in [5, 5.41) is 2.67. The topological polar surface area (TPSA) is 73.2 Å². The molecule has 0 spiro atoms. The normalized spacial score (nSPS) is 13.1. The molecule has 0 aliphatic rings. The third-order valence-corrected chi connectivity index (χ3v) is 2.99. The number of aryl methyl sites for hydroxylation is 1. The Hall–Kier alpha value is -1.37. The van der Waals surface area contributed by atoms with E-state index in [1.54, 1.807) is 18.8 Å². The summed E-state index contributed by atoms with van der Waals surface area (Å²) < 4.78 is 18.1. The smallest absolute Gasteiger partial charge is 0.407 e. The van der Waals surface area contributed by atoms with Gasteiger partial charge in [0.25, 0.3) is 0 Å². The number of nitrogens with zero attached hydrogens (tertiary/aromatic N) is 2. The quantitative estimate of drug-likeness (QED) is 0.885. The van der Waals surface area contributed by atoms with Crippen molar-refractivity contribution in [3.8, 4) is 0 Å². The lowest BCUT2D eigenvalue weighted by molar-refractivity contribution is 0.0522. The van der Waals surface area contributed by atoms with Crippen molar-refractivity contribution in [2.24, 2.45) is 0 Å². The first-order chi connectivity index (χ1) is 8.78. The first kappa shape index (κ1) is 15.7. The van der Waals surface area contributed by atoms with Crippen LogP contribution in [-0.2, 0) is 28.6 Å². The predicted molar refractivity (Wildman–Crippen MR) is 74.2 cm³/mol. The highest BCUT2D eigenvalue weighted by atomic mass is 32.2. The van der Waals surface area contributed by atoms with Crippen LogP contribution >= 0.6 is 0 Å². The SMILES string of the molecule is CS(=O)CCn1cncc1CNC(=O)OC(C)(C)C. The number of hydrogen-bond acceptors (Lipinski definition) is 4. The van der Waals surface area contributed by atoms with Gasteiger partial charge in [0.05, 0.1) is 18.6 Å². The summed E-state index contributed by atoms with van der Waals surface area (Å²) in [6.07, 6.45) is 4.55. The molecule has 0 aliphatic carbocycles. The van der Waals surface area contributed by atoms with Crippen molar-refractivity contribution in [3.05, 3.63) is 18.2 Å². The van der Waals surface area contributed by atoms with E-state index < -0.39 is 22.5 Å². The van der Waals surface area contributed by atoms with Crippen LogP contribution < -0.4 is 5.32 Å². The van der Waals surface area contributed by atoms with Crippen molar-refractivity contribution in [3.63, 3.8) is 0 Å². The van der Waals surface area contributed by atoms with Gasteiger partial charge in [-0.1, -0.05) is 0 Å². The van der Waals surface area contributed by atoms with Crippen LogP contribution in [0.4, 0.5) is 4.79 Å². The van der Waals surface area contributed by atoms with Crippen molar-refractivity contribution in [2.45, 2.75) is 39.5 Å². The number of aromatic nitrogens is 2. The summed E-state index contributed by atoms with van der Waals surface area (Å²) in [6, 6.07) is 0. The molecule has 0 saturated heterocycles. The van der Waals surface area contributed by atoms with E-state index in [1.165, 1.54) is 0 Å². The van der Waals surface area contributed by atoms with Crippen molar-refractivity contribution < 1.29 is 13.7 Å². The fraction of sp³-hybridized carbons (Fsp3) is 0.667. The van der Waals surface area contributed by atoms with Gasteiger partial charge >= 0.3 is 6.09 Å². The molecule has 1 N–H and O–H groups in total. The zero-order chi connectivity index (χ0) is 14.5. The van der Waals surface area contributed by atoms with Crippen molar-refractivity contribution in [2.75, 3.05) is 12.0 Å². The zero-order valence-corrected chi connectivity index (χ0v) is 12.6. The number of hydrogen-bond donors (Lipinski definition) is 1. The van der Waals surface area contributed by atoms with Gasteiger partial charge < -0.3 is 14.6 Å². The average Bonchev–Trinajstić information content (AvgIpc) is 2.68. The Labute approximate surface area is 116 Å². The second kappa shape index (κ2) is 6.70. The van der Waals surface area contributed by atoms with Gasteiger partial charge in [-0.05, 0) is 20.8 Å². The van der Waals surface area contributed by atoms with E-state index in [2.05, 4.69) is 10.3 Å². The van der Waals surface area contributed by atoms with Crippen LogP contribution in [0.25, 0.3) is 0 Å². The molecule has 6 nitrogen and oxygen atoms in total. The molecule has 0 aliphatic heterocycles. The Bertz CT molecular complexity index is 451. The Morgan fingerprint density at radius 1 is 1.53 bits per heavy atom. The van der Waals surface area contributed by atoms with E-state index in [0.717, 1.165) is 5.69 Å². The molecule has 108 valence electrons. The molecule has 1 amide bonds. The molecule has 7 heteroatoms. The summed E-state index contributed by atoms with van der Waals surface area (Å²) in [7, 11) is -0.845. The lowest BCUT2D eigenvalue weighted by atomic mass is 10.2. The van der Waals surface area contributed by atoms with Crippen LogP contribution in [0.1, 0.15) is 26.5 Å². The number of carbonyl (C=O) groups is 1. The third kappa shape index (κ3) is 6.37. The Kier molecular flexibility index (Phi) is 5.53. The average molecular weight is 287 g/mol. The van der Waals surface area contributed by atoms with E-state index in [1.807, 2.05) is 25.3 Å². The van der Waals surface area contributed by atoms with Gasteiger partial charge in [0.15, 0.2) is 0 Å². The van der Waals surface area contributed by atoms with Crippen molar-refractivity contribution in [1.29, 1.82) is 0 Å². The maximum atomic E-state index is 11.5. The molecule has 1 unspecified atom stereocenters. The Morgan fingerprint density at radius 2 is 2.21 bits per heavy atom.